The third-order valence-electron chi connectivity index (χ3n) is 10.7. The molecular weight excluding hydrogens is 669 g/mol. The van der Waals surface area contributed by atoms with Gasteiger partial charge in [-0.1, -0.05) is 127 Å². The molecule has 8 aromatic rings. The first kappa shape index (κ1) is 31.5. The lowest BCUT2D eigenvalue weighted by Gasteiger charge is -2.40. The van der Waals surface area contributed by atoms with E-state index in [1.54, 1.807) is 12.1 Å². The molecule has 1 spiro atoms. The summed E-state index contributed by atoms with van der Waals surface area (Å²) >= 11 is 0. The molecule has 1 aliphatic carbocycles. The van der Waals surface area contributed by atoms with Crippen LogP contribution in [-0.2, 0) is 5.41 Å². The van der Waals surface area contributed by atoms with E-state index < -0.39 is 5.41 Å². The summed E-state index contributed by atoms with van der Waals surface area (Å²) in [5, 5.41) is 1.07. The highest BCUT2D eigenvalue weighted by molar-refractivity contribution is 7.27. The molecule has 0 amide bonds. The van der Waals surface area contributed by atoms with Crippen LogP contribution in [0.5, 0.6) is 11.5 Å². The molecule has 2 atom stereocenters. The van der Waals surface area contributed by atoms with Crippen molar-refractivity contribution in [1.29, 1.82) is 0 Å². The quantitative estimate of drug-likeness (QED) is 0.166. The Labute approximate surface area is 311 Å². The number of para-hydroxylation sites is 1. The number of benzene rings is 8. The molecule has 0 fully saturated rings. The Morgan fingerprint density at radius 1 is 0.415 bits per heavy atom. The van der Waals surface area contributed by atoms with Gasteiger partial charge in [0, 0.05) is 34.3 Å². The molecule has 0 radical (unpaired) electrons. The van der Waals surface area contributed by atoms with Gasteiger partial charge >= 0.3 is 0 Å². The zero-order chi connectivity index (χ0) is 35.5. The van der Waals surface area contributed by atoms with Gasteiger partial charge in [0.1, 0.15) is 17.3 Å². The van der Waals surface area contributed by atoms with Gasteiger partial charge in [-0.25, -0.2) is 4.39 Å². The van der Waals surface area contributed by atoms with Crippen LogP contribution in [0.1, 0.15) is 22.3 Å². The minimum Gasteiger partial charge on any atom is -0.457 e. The Bertz CT molecular complexity index is 2520. The van der Waals surface area contributed by atoms with E-state index in [0.717, 1.165) is 78.4 Å². The molecule has 53 heavy (non-hydrogen) atoms. The molecule has 252 valence electrons. The Balaban J connectivity index is 1.17. The summed E-state index contributed by atoms with van der Waals surface area (Å²) < 4.78 is 22.2. The summed E-state index contributed by atoms with van der Waals surface area (Å²) in [7, 11) is 2.85. The van der Waals surface area contributed by atoms with Crippen LogP contribution < -0.4 is 14.9 Å². The number of nitrogens with zero attached hydrogens (tertiary/aromatic N) is 1. The monoisotopic (exact) mass is 701 g/mol. The molecule has 0 bridgehead atoms. The van der Waals surface area contributed by atoms with Crippen molar-refractivity contribution in [2.75, 3.05) is 4.90 Å². The number of fused-ring (bicyclic) bond motifs is 9. The lowest BCUT2D eigenvalue weighted by atomic mass is 9.66. The van der Waals surface area contributed by atoms with Crippen molar-refractivity contribution in [3.05, 3.63) is 216 Å². The number of hydrogen-bond acceptors (Lipinski definition) is 2. The second kappa shape index (κ2) is 12.4. The van der Waals surface area contributed by atoms with Crippen LogP contribution in [0.3, 0.4) is 0 Å². The van der Waals surface area contributed by atoms with Crippen molar-refractivity contribution < 1.29 is 9.13 Å². The zero-order valence-corrected chi connectivity index (χ0v) is 29.9. The standard InChI is InChI=1S/C49H33FNOP/c50-36-19-26-41-42-27-25-40(53)31-46(42)49(45(41)29-36)43-13-7-8-14-47(43)52-48-30-39(24-28-44(48)49)51(37-20-15-34(16-21-37)32-9-3-1-4-10-32)38-22-17-35(18-23-38)33-11-5-2-6-12-33/h1-31H,53H2. The van der Waals surface area contributed by atoms with Crippen LogP contribution in [0.4, 0.5) is 21.5 Å². The van der Waals surface area contributed by atoms with Crippen LogP contribution in [0, 0.1) is 5.82 Å². The van der Waals surface area contributed by atoms with Gasteiger partial charge in [-0.2, -0.15) is 0 Å². The number of rotatable bonds is 5. The van der Waals surface area contributed by atoms with Gasteiger partial charge in [0.25, 0.3) is 0 Å². The van der Waals surface area contributed by atoms with Gasteiger partial charge in [0.05, 0.1) is 5.41 Å². The smallest absolute Gasteiger partial charge is 0.134 e. The first-order valence-corrected chi connectivity index (χ1v) is 18.4. The zero-order valence-electron chi connectivity index (χ0n) is 28.7. The molecule has 1 heterocycles. The molecule has 0 N–H and O–H groups in total. The summed E-state index contributed by atoms with van der Waals surface area (Å²) in [6.07, 6.45) is 0. The third-order valence-corrected chi connectivity index (χ3v) is 11.1. The largest absolute Gasteiger partial charge is 0.457 e. The highest BCUT2D eigenvalue weighted by Crippen LogP contribution is 2.62. The van der Waals surface area contributed by atoms with Crippen LogP contribution >= 0.6 is 9.24 Å². The Hall–Kier alpha value is -6.28. The molecule has 10 rings (SSSR count). The Morgan fingerprint density at radius 3 is 1.57 bits per heavy atom. The van der Waals surface area contributed by atoms with Crippen molar-refractivity contribution in [2.24, 2.45) is 0 Å². The van der Waals surface area contributed by atoms with Crippen LogP contribution in [-0.4, -0.2) is 0 Å². The fourth-order valence-electron chi connectivity index (χ4n) is 8.38. The van der Waals surface area contributed by atoms with Crippen LogP contribution in [0.25, 0.3) is 33.4 Å². The van der Waals surface area contributed by atoms with Crippen LogP contribution in [0.2, 0.25) is 0 Å². The van der Waals surface area contributed by atoms with E-state index in [4.69, 9.17) is 4.74 Å². The van der Waals surface area contributed by atoms with Crippen LogP contribution in [0.15, 0.2) is 188 Å². The maximum absolute atomic E-state index is 15.3. The number of halogens is 1. The topological polar surface area (TPSA) is 12.5 Å². The summed E-state index contributed by atoms with van der Waals surface area (Å²) in [5.74, 6) is 1.25. The average molecular weight is 702 g/mol. The predicted molar refractivity (Wildman–Crippen MR) is 219 cm³/mol. The van der Waals surface area contributed by atoms with Gasteiger partial charge in [0.15, 0.2) is 0 Å². The fraction of sp³-hybridized carbons (Fsp3) is 0.0204. The maximum Gasteiger partial charge on any atom is 0.134 e. The van der Waals surface area contributed by atoms with Crippen molar-refractivity contribution in [3.63, 3.8) is 0 Å². The SMILES string of the molecule is Fc1ccc2c(c1)C1(c3ccccc3Oc3cc(N(c4ccc(-c5ccccc5)cc4)c4ccc(-c5ccccc5)cc4)ccc31)c1cc(P)ccc1-2. The first-order valence-electron chi connectivity index (χ1n) is 17.8. The average Bonchev–Trinajstić information content (AvgIpc) is 3.48. The lowest BCUT2D eigenvalue weighted by Crippen LogP contribution is -2.32. The number of anilines is 3. The van der Waals surface area contributed by atoms with Crippen molar-refractivity contribution in [3.8, 4) is 44.9 Å². The number of hydrogen-bond donors (Lipinski definition) is 0. The van der Waals surface area contributed by atoms with Gasteiger partial charge in [-0.05, 0) is 104 Å². The van der Waals surface area contributed by atoms with Crippen molar-refractivity contribution in [1.82, 2.24) is 0 Å². The third kappa shape index (κ3) is 5.04. The minimum absolute atomic E-state index is 0.256. The molecule has 0 aromatic heterocycles. The molecule has 2 unspecified atom stereocenters. The second-order valence-electron chi connectivity index (χ2n) is 13.7. The molecule has 8 aromatic carbocycles. The van der Waals surface area contributed by atoms with E-state index in [0.29, 0.717) is 0 Å². The van der Waals surface area contributed by atoms with E-state index >= 15 is 4.39 Å². The molecule has 0 saturated heterocycles. The summed E-state index contributed by atoms with van der Waals surface area (Å²) in [6, 6.07) is 64.7. The summed E-state index contributed by atoms with van der Waals surface area (Å²) in [5.41, 5.74) is 13.1. The normalized spacial score (nSPS) is 14.8. The molecule has 1 aliphatic heterocycles. The van der Waals surface area contributed by atoms with E-state index in [9.17, 15) is 0 Å². The van der Waals surface area contributed by atoms with Gasteiger partial charge in [-0.3, -0.25) is 0 Å². The molecular formula is C49H33FNOP. The molecule has 0 saturated carbocycles. The fourth-order valence-corrected chi connectivity index (χ4v) is 8.64. The highest BCUT2D eigenvalue weighted by Gasteiger charge is 2.51. The minimum atomic E-state index is -0.762. The highest BCUT2D eigenvalue weighted by atomic mass is 31.0. The lowest BCUT2D eigenvalue weighted by molar-refractivity contribution is 0.436. The van der Waals surface area contributed by atoms with Crippen molar-refractivity contribution in [2.45, 2.75) is 5.41 Å². The second-order valence-corrected chi connectivity index (χ2v) is 14.4. The van der Waals surface area contributed by atoms with Gasteiger partial charge in [-0.15, -0.1) is 9.24 Å². The summed E-state index contributed by atoms with van der Waals surface area (Å²) in [4.78, 5) is 2.28. The number of ether oxygens (including phenoxy) is 1. The Morgan fingerprint density at radius 2 is 0.925 bits per heavy atom. The van der Waals surface area contributed by atoms with Gasteiger partial charge in [0.2, 0.25) is 0 Å². The molecule has 2 nitrogen and oxygen atoms in total. The first-order chi connectivity index (χ1) is 26.1. The maximum atomic E-state index is 15.3. The molecule has 2 aliphatic rings. The predicted octanol–water partition coefficient (Wildman–Crippen LogP) is 12.6. The Kier molecular flexibility index (Phi) is 7.39. The summed E-state index contributed by atoms with van der Waals surface area (Å²) in [6.45, 7) is 0. The van der Waals surface area contributed by atoms with E-state index in [1.807, 2.05) is 36.4 Å². The van der Waals surface area contributed by atoms with E-state index in [-0.39, 0.29) is 5.82 Å². The van der Waals surface area contributed by atoms with Crippen molar-refractivity contribution >= 4 is 31.6 Å². The van der Waals surface area contributed by atoms with E-state index in [2.05, 4.69) is 154 Å². The van der Waals surface area contributed by atoms with Gasteiger partial charge < -0.3 is 9.64 Å². The van der Waals surface area contributed by atoms with E-state index in [1.165, 1.54) is 11.1 Å². The molecule has 4 heteroatoms.